The number of nitrogens with one attached hydrogen (secondary N) is 2. The number of fused-ring (bicyclic) bond motifs is 3. The van der Waals surface area contributed by atoms with Crippen molar-refractivity contribution in [3.05, 3.63) is 96.4 Å². The van der Waals surface area contributed by atoms with E-state index in [-0.39, 0.29) is 5.16 Å². The van der Waals surface area contributed by atoms with Crippen LogP contribution in [0.25, 0.3) is 27.8 Å². The van der Waals surface area contributed by atoms with E-state index in [0.717, 1.165) is 44.8 Å². The van der Waals surface area contributed by atoms with Gasteiger partial charge in [-0.05, 0) is 53.6 Å². The molecular formula is C31H29N7O3S. The Balaban J connectivity index is 1.47. The quantitative estimate of drug-likeness (QED) is 0.208. The Bertz CT molecular complexity index is 1890. The molecule has 11 heteroatoms. The fraction of sp³-hybridized carbons (Fsp3) is 0.161. The summed E-state index contributed by atoms with van der Waals surface area (Å²) in [6.07, 6.45) is 6.75. The van der Waals surface area contributed by atoms with Crippen LogP contribution in [0.1, 0.15) is 11.1 Å². The Morgan fingerprint density at radius 3 is 2.02 bits per heavy atom. The van der Waals surface area contributed by atoms with Crippen LogP contribution in [-0.2, 0) is 23.9 Å². The lowest BCUT2D eigenvalue weighted by Gasteiger charge is -2.10. The van der Waals surface area contributed by atoms with Crippen LogP contribution in [-0.4, -0.2) is 49.0 Å². The van der Waals surface area contributed by atoms with E-state index >= 15 is 0 Å². The molecule has 0 aliphatic carbocycles. The molecule has 10 nitrogen and oxygen atoms in total. The number of anilines is 2. The number of hydrogen-bond acceptors (Lipinski definition) is 9. The molecule has 4 heterocycles. The van der Waals surface area contributed by atoms with E-state index in [0.29, 0.717) is 30.4 Å². The monoisotopic (exact) mass is 579 g/mol. The number of rotatable bonds is 10. The van der Waals surface area contributed by atoms with Crippen molar-refractivity contribution in [3.8, 4) is 22.8 Å². The molecule has 212 valence electrons. The SMILES string of the molecule is COc1ccc(CNc2ccnc3c2c(-c2ccnc(S(C)=O)n2)c2ccnc(NCc4ccc(OC)cc4)n23)cc1. The zero-order valence-corrected chi connectivity index (χ0v) is 24.2. The highest BCUT2D eigenvalue weighted by Crippen LogP contribution is 2.39. The first-order chi connectivity index (χ1) is 20.6. The number of nitrogens with zero attached hydrogens (tertiary/aromatic N) is 5. The Labute approximate surface area is 245 Å². The van der Waals surface area contributed by atoms with E-state index in [1.807, 2.05) is 71.1 Å². The molecular weight excluding hydrogens is 550 g/mol. The Kier molecular flexibility index (Phi) is 7.65. The summed E-state index contributed by atoms with van der Waals surface area (Å²) in [5, 5.41) is 8.20. The van der Waals surface area contributed by atoms with Crippen molar-refractivity contribution in [3.63, 3.8) is 0 Å². The summed E-state index contributed by atoms with van der Waals surface area (Å²) in [6, 6.07) is 21.5. The van der Waals surface area contributed by atoms with Crippen LogP contribution in [0.5, 0.6) is 11.5 Å². The van der Waals surface area contributed by atoms with Gasteiger partial charge in [0.05, 0.1) is 41.6 Å². The van der Waals surface area contributed by atoms with Crippen molar-refractivity contribution in [2.24, 2.45) is 0 Å². The zero-order chi connectivity index (χ0) is 29.1. The summed E-state index contributed by atoms with van der Waals surface area (Å²) in [4.78, 5) is 18.4. The van der Waals surface area contributed by atoms with Gasteiger partial charge >= 0.3 is 0 Å². The molecule has 2 aromatic carbocycles. The van der Waals surface area contributed by atoms with Gasteiger partial charge in [0, 0.05) is 49.2 Å². The molecule has 6 aromatic rings. The van der Waals surface area contributed by atoms with Crippen molar-refractivity contribution in [2.45, 2.75) is 18.2 Å². The minimum atomic E-state index is -1.34. The maximum Gasteiger partial charge on any atom is 0.218 e. The molecule has 0 spiro atoms. The summed E-state index contributed by atoms with van der Waals surface area (Å²) >= 11 is 0. The third-order valence-corrected chi connectivity index (χ3v) is 7.64. The van der Waals surface area contributed by atoms with Crippen LogP contribution in [0.3, 0.4) is 0 Å². The van der Waals surface area contributed by atoms with Crippen LogP contribution < -0.4 is 20.1 Å². The highest BCUT2D eigenvalue weighted by atomic mass is 32.2. The zero-order valence-electron chi connectivity index (χ0n) is 23.4. The van der Waals surface area contributed by atoms with Gasteiger partial charge in [-0.25, -0.2) is 19.9 Å². The minimum absolute atomic E-state index is 0.267. The number of hydrogen-bond donors (Lipinski definition) is 2. The molecule has 1 unspecified atom stereocenters. The molecule has 2 N–H and O–H groups in total. The van der Waals surface area contributed by atoms with Gasteiger partial charge in [-0.2, -0.15) is 0 Å². The molecule has 0 fully saturated rings. The predicted octanol–water partition coefficient (Wildman–Crippen LogP) is 5.32. The summed E-state index contributed by atoms with van der Waals surface area (Å²) in [6.45, 7) is 1.14. The van der Waals surface area contributed by atoms with Crippen molar-refractivity contribution in [2.75, 3.05) is 31.1 Å². The normalized spacial score (nSPS) is 11.9. The number of pyridine rings is 1. The fourth-order valence-electron chi connectivity index (χ4n) is 4.84. The van der Waals surface area contributed by atoms with E-state index in [1.165, 1.54) is 0 Å². The van der Waals surface area contributed by atoms with Crippen LogP contribution in [0.2, 0.25) is 0 Å². The van der Waals surface area contributed by atoms with Crippen molar-refractivity contribution >= 4 is 39.0 Å². The molecule has 6 rings (SSSR count). The summed E-state index contributed by atoms with van der Waals surface area (Å²) in [7, 11) is 1.97. The van der Waals surface area contributed by atoms with Crippen molar-refractivity contribution in [1.82, 2.24) is 24.3 Å². The maximum atomic E-state index is 12.3. The third kappa shape index (κ3) is 5.34. The van der Waals surface area contributed by atoms with Crippen LogP contribution in [0.15, 0.2) is 90.5 Å². The Hall–Kier alpha value is -5.03. The highest BCUT2D eigenvalue weighted by molar-refractivity contribution is 7.84. The predicted molar refractivity (Wildman–Crippen MR) is 164 cm³/mol. The fourth-order valence-corrected chi connectivity index (χ4v) is 5.28. The molecule has 0 amide bonds. The lowest BCUT2D eigenvalue weighted by Crippen LogP contribution is -2.06. The van der Waals surface area contributed by atoms with Gasteiger partial charge < -0.3 is 20.1 Å². The second-order valence-electron chi connectivity index (χ2n) is 9.50. The van der Waals surface area contributed by atoms with Crippen LogP contribution in [0.4, 0.5) is 11.6 Å². The Morgan fingerprint density at radius 2 is 1.38 bits per heavy atom. The molecule has 0 saturated carbocycles. The van der Waals surface area contributed by atoms with Crippen molar-refractivity contribution < 1.29 is 13.7 Å². The Morgan fingerprint density at radius 1 is 0.762 bits per heavy atom. The van der Waals surface area contributed by atoms with Gasteiger partial charge in [-0.15, -0.1) is 0 Å². The highest BCUT2D eigenvalue weighted by Gasteiger charge is 2.22. The summed E-state index contributed by atoms with van der Waals surface area (Å²) in [5.41, 5.74) is 6.12. The first-order valence-electron chi connectivity index (χ1n) is 13.2. The first-order valence-corrected chi connectivity index (χ1v) is 14.8. The molecule has 42 heavy (non-hydrogen) atoms. The van der Waals surface area contributed by atoms with Crippen LogP contribution in [0, 0.1) is 0 Å². The number of ether oxygens (including phenoxy) is 2. The van der Waals surface area contributed by atoms with Gasteiger partial charge in [0.2, 0.25) is 11.1 Å². The largest absolute Gasteiger partial charge is 0.497 e. The van der Waals surface area contributed by atoms with Gasteiger partial charge in [0.15, 0.2) is 0 Å². The maximum absolute atomic E-state index is 12.3. The topological polar surface area (TPSA) is 116 Å². The van der Waals surface area contributed by atoms with Gasteiger partial charge in [0.1, 0.15) is 17.1 Å². The average molecular weight is 580 g/mol. The molecule has 0 saturated heterocycles. The second kappa shape index (κ2) is 11.8. The molecule has 0 bridgehead atoms. The smallest absolute Gasteiger partial charge is 0.218 e. The van der Waals surface area contributed by atoms with E-state index in [4.69, 9.17) is 14.5 Å². The van der Waals surface area contributed by atoms with E-state index in [1.54, 1.807) is 39.1 Å². The molecule has 0 radical (unpaired) electrons. The van der Waals surface area contributed by atoms with Crippen LogP contribution >= 0.6 is 0 Å². The molecule has 0 aliphatic rings. The molecule has 4 aromatic heterocycles. The standard InChI is InChI=1S/C31H29N7O3S/c1-40-22-8-4-20(5-9-22)18-35-24-12-15-32-29-28(24)27(25-13-16-34-31(37-25)42(3)39)26-14-17-33-30(38(26)29)36-19-21-6-10-23(41-2)11-7-21/h4-17H,18-19H2,1-3H3,(H,32,35)(H,33,36). The van der Waals surface area contributed by atoms with E-state index in [9.17, 15) is 4.21 Å². The summed E-state index contributed by atoms with van der Waals surface area (Å²) in [5.74, 6) is 2.24. The number of methoxy groups -OCH3 is 2. The second-order valence-corrected chi connectivity index (χ2v) is 10.8. The van der Waals surface area contributed by atoms with E-state index < -0.39 is 10.8 Å². The number of aromatic nitrogens is 5. The molecule has 1 atom stereocenters. The molecule has 0 aliphatic heterocycles. The van der Waals surface area contributed by atoms with E-state index in [2.05, 4.69) is 25.6 Å². The third-order valence-electron chi connectivity index (χ3n) is 6.93. The lowest BCUT2D eigenvalue weighted by molar-refractivity contribution is 0.414. The van der Waals surface area contributed by atoms with Gasteiger partial charge in [-0.1, -0.05) is 24.3 Å². The van der Waals surface area contributed by atoms with Gasteiger partial charge in [0.25, 0.3) is 0 Å². The van der Waals surface area contributed by atoms with Crippen molar-refractivity contribution in [1.29, 1.82) is 0 Å². The van der Waals surface area contributed by atoms with Gasteiger partial charge in [-0.3, -0.25) is 8.61 Å². The minimum Gasteiger partial charge on any atom is -0.497 e. The number of benzene rings is 2. The summed E-state index contributed by atoms with van der Waals surface area (Å²) < 4.78 is 24.9. The average Bonchev–Trinajstić information content (AvgIpc) is 3.39. The first kappa shape index (κ1) is 27.2. The lowest BCUT2D eigenvalue weighted by atomic mass is 10.1.